The Balaban J connectivity index is 2.15. The van der Waals surface area contributed by atoms with Gasteiger partial charge >= 0.3 is 0 Å². The van der Waals surface area contributed by atoms with Crippen molar-refractivity contribution in [2.75, 3.05) is 0 Å². The van der Waals surface area contributed by atoms with E-state index in [2.05, 4.69) is 0 Å². The Labute approximate surface area is 125 Å². The summed E-state index contributed by atoms with van der Waals surface area (Å²) < 4.78 is 12.9. The molecule has 1 unspecified atom stereocenters. The zero-order valence-electron chi connectivity index (χ0n) is 10.3. The highest BCUT2D eigenvalue weighted by Crippen LogP contribution is 2.28. The minimum atomic E-state index is -0.684. The molecule has 0 saturated carbocycles. The van der Waals surface area contributed by atoms with Gasteiger partial charge in [0.1, 0.15) is 12.1 Å². The van der Waals surface area contributed by atoms with E-state index in [1.54, 1.807) is 24.3 Å². The highest BCUT2D eigenvalue weighted by Gasteiger charge is 2.17. The molecule has 2 nitrogen and oxygen atoms in total. The highest BCUT2D eigenvalue weighted by molar-refractivity contribution is 8.14. The van der Waals surface area contributed by atoms with Crippen LogP contribution in [-0.2, 0) is 4.79 Å². The van der Waals surface area contributed by atoms with Gasteiger partial charge in [-0.3, -0.25) is 5.41 Å². The fraction of sp³-hybridized carbons (Fsp3) is 0.0667. The molecule has 20 heavy (non-hydrogen) atoms. The number of carbonyl (C=O) groups is 1. The molecule has 0 bridgehead atoms. The maximum Gasteiger partial charge on any atom is 0.133 e. The Morgan fingerprint density at radius 2 is 1.75 bits per heavy atom. The predicted octanol–water partition coefficient (Wildman–Crippen LogP) is 4.53. The van der Waals surface area contributed by atoms with Gasteiger partial charge in [-0.15, -0.1) is 0 Å². The molecule has 0 radical (unpaired) electrons. The van der Waals surface area contributed by atoms with Gasteiger partial charge in [0.25, 0.3) is 0 Å². The number of halogens is 2. The van der Waals surface area contributed by atoms with E-state index >= 15 is 0 Å². The summed E-state index contributed by atoms with van der Waals surface area (Å²) in [5, 5.41) is 8.84. The van der Waals surface area contributed by atoms with E-state index in [9.17, 15) is 9.18 Å². The van der Waals surface area contributed by atoms with E-state index in [-0.39, 0.29) is 10.9 Å². The molecular formula is C15H11ClFNOS. The molecule has 0 amide bonds. The second-order valence-corrected chi connectivity index (χ2v) is 5.64. The first-order valence-corrected chi connectivity index (χ1v) is 7.02. The summed E-state index contributed by atoms with van der Waals surface area (Å²) in [7, 11) is 0. The van der Waals surface area contributed by atoms with Gasteiger partial charge in [-0.2, -0.15) is 0 Å². The van der Waals surface area contributed by atoms with Crippen LogP contribution in [0.2, 0.25) is 5.02 Å². The van der Waals surface area contributed by atoms with E-state index in [0.29, 0.717) is 16.9 Å². The van der Waals surface area contributed by atoms with Crippen LogP contribution in [0.1, 0.15) is 11.5 Å². The number of hydrogen-bond donors (Lipinski definition) is 1. The molecule has 2 rings (SSSR count). The Bertz CT molecular complexity index is 613. The second kappa shape index (κ2) is 6.68. The topological polar surface area (TPSA) is 40.9 Å². The van der Waals surface area contributed by atoms with Gasteiger partial charge in [0.2, 0.25) is 0 Å². The molecule has 1 atom stereocenters. The van der Waals surface area contributed by atoms with Crippen LogP contribution in [-0.4, -0.2) is 11.3 Å². The quantitative estimate of drug-likeness (QED) is 0.390. The molecule has 5 heteroatoms. The summed E-state index contributed by atoms with van der Waals surface area (Å²) in [4.78, 5) is 12.0. The Kier molecular flexibility index (Phi) is 4.93. The van der Waals surface area contributed by atoms with E-state index < -0.39 is 5.92 Å². The van der Waals surface area contributed by atoms with E-state index in [1.807, 2.05) is 0 Å². The van der Waals surface area contributed by atoms with Crippen LogP contribution in [0.4, 0.5) is 4.39 Å². The summed E-state index contributed by atoms with van der Waals surface area (Å²) in [5.41, 5.74) is 0.605. The van der Waals surface area contributed by atoms with Gasteiger partial charge in [0, 0.05) is 9.92 Å². The molecule has 0 aliphatic rings. The van der Waals surface area contributed by atoms with Crippen molar-refractivity contribution < 1.29 is 9.18 Å². The largest absolute Gasteiger partial charge is 0.302 e. The van der Waals surface area contributed by atoms with Crippen molar-refractivity contribution in [2.45, 2.75) is 10.8 Å². The maximum absolute atomic E-state index is 12.9. The minimum absolute atomic E-state index is 0.189. The number of carbonyl (C=O) groups excluding carboxylic acids is 1. The lowest BCUT2D eigenvalue weighted by molar-refractivity contribution is -0.107. The second-order valence-electron chi connectivity index (χ2n) is 4.09. The first kappa shape index (κ1) is 14.8. The molecule has 0 aromatic heterocycles. The summed E-state index contributed by atoms with van der Waals surface area (Å²) >= 11 is 6.98. The van der Waals surface area contributed by atoms with Gasteiger partial charge < -0.3 is 4.79 Å². The van der Waals surface area contributed by atoms with Gasteiger partial charge in [-0.25, -0.2) is 4.39 Å². The lowest BCUT2D eigenvalue weighted by Crippen LogP contribution is -2.09. The zero-order chi connectivity index (χ0) is 14.5. The monoisotopic (exact) mass is 307 g/mol. The zero-order valence-corrected chi connectivity index (χ0v) is 11.9. The van der Waals surface area contributed by atoms with Crippen molar-refractivity contribution >= 4 is 34.7 Å². The molecule has 2 aromatic rings. The molecule has 0 saturated heterocycles. The lowest BCUT2D eigenvalue weighted by Gasteiger charge is -2.12. The molecule has 102 valence electrons. The molecule has 0 aliphatic carbocycles. The minimum Gasteiger partial charge on any atom is -0.302 e. The molecule has 0 spiro atoms. The molecule has 1 N–H and O–H groups in total. The number of rotatable bonds is 4. The third-order valence-corrected chi connectivity index (χ3v) is 3.92. The molecule has 2 aromatic carbocycles. The predicted molar refractivity (Wildman–Crippen MR) is 80.2 cm³/mol. The smallest absolute Gasteiger partial charge is 0.133 e. The fourth-order valence-electron chi connectivity index (χ4n) is 1.65. The Hall–Kier alpha value is -1.65. The van der Waals surface area contributed by atoms with E-state index in [4.69, 9.17) is 17.0 Å². The third kappa shape index (κ3) is 3.68. The van der Waals surface area contributed by atoms with Gasteiger partial charge in [0.05, 0.1) is 11.0 Å². The first-order chi connectivity index (χ1) is 9.60. The summed E-state index contributed by atoms with van der Waals surface area (Å²) in [6.45, 7) is 0. The van der Waals surface area contributed by atoms with Gasteiger partial charge in [-0.05, 0) is 42.0 Å². The van der Waals surface area contributed by atoms with Crippen molar-refractivity contribution in [3.05, 3.63) is 64.9 Å². The average Bonchev–Trinajstić information content (AvgIpc) is 2.44. The number of hydrogen-bond acceptors (Lipinski definition) is 3. The van der Waals surface area contributed by atoms with Crippen molar-refractivity contribution in [3.8, 4) is 0 Å². The Morgan fingerprint density at radius 3 is 2.30 bits per heavy atom. The normalized spacial score (nSPS) is 11.9. The Morgan fingerprint density at radius 1 is 1.15 bits per heavy atom. The number of nitrogens with one attached hydrogen (secondary N) is 1. The van der Waals surface area contributed by atoms with Crippen molar-refractivity contribution in [2.24, 2.45) is 0 Å². The van der Waals surface area contributed by atoms with Crippen LogP contribution < -0.4 is 0 Å². The van der Waals surface area contributed by atoms with E-state index in [1.165, 1.54) is 36.0 Å². The number of benzene rings is 2. The van der Waals surface area contributed by atoms with Crippen LogP contribution in [0.3, 0.4) is 0 Å². The van der Waals surface area contributed by atoms with Crippen LogP contribution in [0.5, 0.6) is 0 Å². The van der Waals surface area contributed by atoms with E-state index in [0.717, 1.165) is 4.90 Å². The third-order valence-electron chi connectivity index (χ3n) is 2.69. The average molecular weight is 308 g/mol. The van der Waals surface area contributed by atoms with Crippen LogP contribution >= 0.6 is 23.4 Å². The molecule has 0 fully saturated rings. The van der Waals surface area contributed by atoms with Crippen molar-refractivity contribution in [1.82, 2.24) is 0 Å². The molecule has 0 aliphatic heterocycles. The van der Waals surface area contributed by atoms with Crippen molar-refractivity contribution in [1.29, 1.82) is 5.41 Å². The first-order valence-electron chi connectivity index (χ1n) is 5.83. The lowest BCUT2D eigenvalue weighted by atomic mass is 10.0. The van der Waals surface area contributed by atoms with Crippen LogP contribution in [0.25, 0.3) is 0 Å². The summed E-state index contributed by atoms with van der Waals surface area (Å²) in [5.74, 6) is -1.05. The number of aldehydes is 1. The summed E-state index contributed by atoms with van der Waals surface area (Å²) in [6, 6.07) is 12.6. The van der Waals surface area contributed by atoms with Crippen molar-refractivity contribution in [3.63, 3.8) is 0 Å². The molecule has 0 heterocycles. The van der Waals surface area contributed by atoms with Crippen LogP contribution in [0, 0.1) is 11.2 Å². The maximum atomic E-state index is 12.9. The number of thioether (sulfide) groups is 1. The SMILES string of the molecule is N=C(Sc1ccc(Cl)cc1)C(C=O)c1ccc(F)cc1. The van der Waals surface area contributed by atoms with Gasteiger partial charge in [-0.1, -0.05) is 35.5 Å². The van der Waals surface area contributed by atoms with Crippen LogP contribution in [0.15, 0.2) is 53.4 Å². The highest BCUT2D eigenvalue weighted by atomic mass is 35.5. The standard InChI is InChI=1S/C15H11ClFNOS/c16-11-3-7-13(8-4-11)20-15(18)14(9-19)10-1-5-12(17)6-2-10/h1-9,14,18H. The fourth-order valence-corrected chi connectivity index (χ4v) is 2.63. The molecular weight excluding hydrogens is 297 g/mol. The van der Waals surface area contributed by atoms with Gasteiger partial charge in [0.15, 0.2) is 0 Å². The summed E-state index contributed by atoms with van der Waals surface area (Å²) in [6.07, 6.45) is 0.693.